The fraction of sp³-hybridized carbons (Fsp3) is 0.588. The summed E-state index contributed by atoms with van der Waals surface area (Å²) >= 11 is 0. The summed E-state index contributed by atoms with van der Waals surface area (Å²) in [5, 5.41) is 6.29. The molecule has 1 heterocycles. The lowest BCUT2D eigenvalue weighted by Gasteiger charge is -2.21. The van der Waals surface area contributed by atoms with Crippen molar-refractivity contribution in [2.75, 3.05) is 18.4 Å². The third-order valence-electron chi connectivity index (χ3n) is 4.44. The minimum atomic E-state index is 0.140. The molecule has 21 heavy (non-hydrogen) atoms. The van der Waals surface area contributed by atoms with E-state index in [1.807, 2.05) is 24.3 Å². The van der Waals surface area contributed by atoms with Gasteiger partial charge in [-0.15, -0.1) is 0 Å². The molecule has 0 radical (unpaired) electrons. The maximum absolute atomic E-state index is 12.2. The van der Waals surface area contributed by atoms with Crippen LogP contribution in [0.5, 0.6) is 5.75 Å². The fourth-order valence-corrected chi connectivity index (χ4v) is 3.14. The first-order valence-electron chi connectivity index (χ1n) is 8.09. The summed E-state index contributed by atoms with van der Waals surface area (Å²) in [7, 11) is 0. The number of carbonyl (C=O) groups is 1. The highest BCUT2D eigenvalue weighted by Gasteiger charge is 2.21. The minimum absolute atomic E-state index is 0.140. The first-order chi connectivity index (χ1) is 10.3. The normalized spacial score (nSPS) is 20.4. The summed E-state index contributed by atoms with van der Waals surface area (Å²) in [6.07, 6.45) is 7.09. The molecule has 0 atom stereocenters. The van der Waals surface area contributed by atoms with Crippen molar-refractivity contribution in [1.29, 1.82) is 0 Å². The Kier molecular flexibility index (Phi) is 4.76. The fourth-order valence-electron chi connectivity index (χ4n) is 3.14. The molecule has 0 bridgehead atoms. The van der Waals surface area contributed by atoms with Crippen LogP contribution in [0.1, 0.15) is 38.5 Å². The molecule has 1 aliphatic heterocycles. The number of hydrogen-bond donors (Lipinski definition) is 2. The molecule has 4 nitrogen and oxygen atoms in total. The first-order valence-corrected chi connectivity index (χ1v) is 8.09. The van der Waals surface area contributed by atoms with Crippen LogP contribution in [-0.2, 0) is 4.79 Å². The Morgan fingerprint density at radius 2 is 1.71 bits per heavy atom. The Balaban J connectivity index is 1.52. The predicted molar refractivity (Wildman–Crippen MR) is 83.5 cm³/mol. The lowest BCUT2D eigenvalue weighted by atomic mass is 9.97. The predicted octanol–water partition coefficient (Wildman–Crippen LogP) is 2.95. The number of nitrogens with one attached hydrogen (secondary N) is 2. The van der Waals surface area contributed by atoms with Gasteiger partial charge < -0.3 is 15.4 Å². The van der Waals surface area contributed by atoms with Gasteiger partial charge in [-0.2, -0.15) is 0 Å². The number of amides is 1. The molecule has 1 saturated carbocycles. The van der Waals surface area contributed by atoms with Crippen molar-refractivity contribution in [2.24, 2.45) is 5.92 Å². The summed E-state index contributed by atoms with van der Waals surface area (Å²) in [6.45, 7) is 1.87. The number of benzene rings is 1. The van der Waals surface area contributed by atoms with Crippen LogP contribution in [0.3, 0.4) is 0 Å². The van der Waals surface area contributed by atoms with Gasteiger partial charge in [0.15, 0.2) is 0 Å². The third kappa shape index (κ3) is 3.97. The van der Waals surface area contributed by atoms with E-state index >= 15 is 0 Å². The van der Waals surface area contributed by atoms with E-state index < -0.39 is 0 Å². The van der Waals surface area contributed by atoms with Crippen molar-refractivity contribution in [3.63, 3.8) is 0 Å². The lowest BCUT2D eigenvalue weighted by molar-refractivity contribution is -0.120. The van der Waals surface area contributed by atoms with Gasteiger partial charge in [0, 0.05) is 11.6 Å². The van der Waals surface area contributed by atoms with Gasteiger partial charge in [0.2, 0.25) is 5.91 Å². The maximum Gasteiger partial charge on any atom is 0.227 e. The molecular weight excluding hydrogens is 264 g/mol. The van der Waals surface area contributed by atoms with Crippen molar-refractivity contribution in [3.8, 4) is 5.75 Å². The number of rotatable bonds is 4. The molecule has 1 aromatic rings. The average molecular weight is 288 g/mol. The summed E-state index contributed by atoms with van der Waals surface area (Å²) in [5.41, 5.74) is 0.859. The summed E-state index contributed by atoms with van der Waals surface area (Å²) < 4.78 is 5.93. The summed E-state index contributed by atoms with van der Waals surface area (Å²) in [5.74, 6) is 1.18. The van der Waals surface area contributed by atoms with Crippen LogP contribution in [0.2, 0.25) is 0 Å². The van der Waals surface area contributed by atoms with E-state index in [9.17, 15) is 4.79 Å². The van der Waals surface area contributed by atoms with Gasteiger partial charge in [0.25, 0.3) is 0 Å². The molecule has 2 N–H and O–H groups in total. The standard InChI is InChI=1S/C17H24N2O2/c20-17(13-9-11-18-12-10-13)19-14-5-7-16(8-6-14)21-15-3-1-2-4-15/h5-8,13,15,18H,1-4,9-12H2,(H,19,20). The molecule has 1 aliphatic carbocycles. The Labute approximate surface area is 126 Å². The molecule has 4 heteroatoms. The SMILES string of the molecule is O=C(Nc1ccc(OC2CCCC2)cc1)C1CCNCC1. The Hall–Kier alpha value is -1.55. The van der Waals surface area contributed by atoms with Gasteiger partial charge in [-0.1, -0.05) is 0 Å². The molecule has 1 amide bonds. The van der Waals surface area contributed by atoms with Gasteiger partial charge in [-0.3, -0.25) is 4.79 Å². The van der Waals surface area contributed by atoms with Crippen molar-refractivity contribution in [1.82, 2.24) is 5.32 Å². The van der Waals surface area contributed by atoms with Crippen LogP contribution in [0.15, 0.2) is 24.3 Å². The third-order valence-corrected chi connectivity index (χ3v) is 4.44. The molecule has 3 rings (SSSR count). The number of ether oxygens (including phenoxy) is 1. The largest absolute Gasteiger partial charge is 0.490 e. The van der Waals surface area contributed by atoms with E-state index in [0.717, 1.165) is 50.2 Å². The van der Waals surface area contributed by atoms with Crippen LogP contribution in [0.4, 0.5) is 5.69 Å². The molecule has 0 unspecified atom stereocenters. The zero-order chi connectivity index (χ0) is 14.5. The van der Waals surface area contributed by atoms with E-state index in [1.165, 1.54) is 12.8 Å². The quantitative estimate of drug-likeness (QED) is 0.895. The van der Waals surface area contributed by atoms with Crippen molar-refractivity contribution >= 4 is 11.6 Å². The molecule has 1 aromatic carbocycles. The summed E-state index contributed by atoms with van der Waals surface area (Å²) in [4.78, 5) is 12.2. The Morgan fingerprint density at radius 3 is 2.38 bits per heavy atom. The van der Waals surface area contributed by atoms with Gasteiger partial charge in [-0.25, -0.2) is 0 Å². The van der Waals surface area contributed by atoms with Crippen LogP contribution >= 0.6 is 0 Å². The van der Waals surface area contributed by atoms with Gasteiger partial charge in [0.1, 0.15) is 5.75 Å². The highest BCUT2D eigenvalue weighted by Crippen LogP contribution is 2.25. The zero-order valence-electron chi connectivity index (χ0n) is 12.4. The van der Waals surface area contributed by atoms with E-state index in [2.05, 4.69) is 10.6 Å². The monoisotopic (exact) mass is 288 g/mol. The molecule has 0 aromatic heterocycles. The number of piperidine rings is 1. The van der Waals surface area contributed by atoms with E-state index in [-0.39, 0.29) is 11.8 Å². The zero-order valence-corrected chi connectivity index (χ0v) is 12.4. The maximum atomic E-state index is 12.2. The van der Waals surface area contributed by atoms with Gasteiger partial charge in [0.05, 0.1) is 6.10 Å². The lowest BCUT2D eigenvalue weighted by Crippen LogP contribution is -2.34. The highest BCUT2D eigenvalue weighted by molar-refractivity contribution is 5.92. The molecule has 114 valence electrons. The van der Waals surface area contributed by atoms with Crippen molar-refractivity contribution in [2.45, 2.75) is 44.6 Å². The molecule has 1 saturated heterocycles. The van der Waals surface area contributed by atoms with E-state index in [1.54, 1.807) is 0 Å². The number of hydrogen-bond acceptors (Lipinski definition) is 3. The van der Waals surface area contributed by atoms with Crippen LogP contribution < -0.4 is 15.4 Å². The van der Waals surface area contributed by atoms with E-state index in [0.29, 0.717) is 6.10 Å². The van der Waals surface area contributed by atoms with Crippen LogP contribution in [-0.4, -0.2) is 25.1 Å². The topological polar surface area (TPSA) is 50.4 Å². The average Bonchev–Trinajstić information content (AvgIpc) is 3.03. The molecular formula is C17H24N2O2. The molecule has 0 spiro atoms. The number of carbonyl (C=O) groups excluding carboxylic acids is 1. The summed E-state index contributed by atoms with van der Waals surface area (Å²) in [6, 6.07) is 7.78. The van der Waals surface area contributed by atoms with E-state index in [4.69, 9.17) is 4.74 Å². The van der Waals surface area contributed by atoms with Crippen LogP contribution in [0, 0.1) is 5.92 Å². The smallest absolute Gasteiger partial charge is 0.227 e. The number of anilines is 1. The van der Waals surface area contributed by atoms with Crippen LogP contribution in [0.25, 0.3) is 0 Å². The Bertz CT molecular complexity index is 460. The van der Waals surface area contributed by atoms with Crippen molar-refractivity contribution < 1.29 is 9.53 Å². The highest BCUT2D eigenvalue weighted by atomic mass is 16.5. The minimum Gasteiger partial charge on any atom is -0.490 e. The first kappa shape index (κ1) is 14.4. The Morgan fingerprint density at radius 1 is 1.05 bits per heavy atom. The second kappa shape index (κ2) is 6.94. The second-order valence-electron chi connectivity index (χ2n) is 6.06. The molecule has 2 fully saturated rings. The van der Waals surface area contributed by atoms with Gasteiger partial charge >= 0.3 is 0 Å². The van der Waals surface area contributed by atoms with Gasteiger partial charge in [-0.05, 0) is 75.9 Å². The molecule has 2 aliphatic rings. The second-order valence-corrected chi connectivity index (χ2v) is 6.06. The van der Waals surface area contributed by atoms with Crippen molar-refractivity contribution in [3.05, 3.63) is 24.3 Å².